The Balaban J connectivity index is 1.88. The van der Waals surface area contributed by atoms with E-state index in [-0.39, 0.29) is 0 Å². The van der Waals surface area contributed by atoms with Gasteiger partial charge in [-0.25, -0.2) is 0 Å². The lowest BCUT2D eigenvalue weighted by Crippen LogP contribution is -2.47. The summed E-state index contributed by atoms with van der Waals surface area (Å²) in [6.45, 7) is 3.10. The molecule has 2 aliphatic heterocycles. The van der Waals surface area contributed by atoms with Crippen molar-refractivity contribution < 1.29 is 0 Å². The van der Waals surface area contributed by atoms with Crippen LogP contribution in [0.4, 0.5) is 0 Å². The highest BCUT2D eigenvalue weighted by Crippen LogP contribution is 2.29. The summed E-state index contributed by atoms with van der Waals surface area (Å²) < 4.78 is 0. The van der Waals surface area contributed by atoms with E-state index in [1.807, 2.05) is 0 Å². The Bertz CT molecular complexity index is 240. The van der Waals surface area contributed by atoms with Crippen molar-refractivity contribution in [3.05, 3.63) is 11.1 Å². The van der Waals surface area contributed by atoms with Crippen LogP contribution in [0.2, 0.25) is 0 Å². The summed E-state index contributed by atoms with van der Waals surface area (Å²) in [5, 5.41) is 3.68. The zero-order chi connectivity index (χ0) is 10.8. The minimum Gasteiger partial charge on any atom is -0.311 e. The van der Waals surface area contributed by atoms with Gasteiger partial charge < -0.3 is 5.32 Å². The lowest BCUT2D eigenvalue weighted by molar-refractivity contribution is 0.184. The van der Waals surface area contributed by atoms with Crippen LogP contribution in [0.15, 0.2) is 11.1 Å². The van der Waals surface area contributed by atoms with Crippen LogP contribution in [0.5, 0.6) is 0 Å². The topological polar surface area (TPSA) is 15.3 Å². The molecule has 2 saturated heterocycles. The first kappa shape index (κ1) is 11.4. The summed E-state index contributed by atoms with van der Waals surface area (Å²) in [5.41, 5.74) is 2.96. The van der Waals surface area contributed by atoms with Crippen molar-refractivity contribution in [1.29, 1.82) is 0 Å². The highest BCUT2D eigenvalue weighted by atomic mass is 35.5. The molecule has 0 radical (unpaired) electrons. The summed E-state index contributed by atoms with van der Waals surface area (Å²) in [7, 11) is 2.22. The molecule has 0 aromatic heterocycles. The third kappa shape index (κ3) is 2.74. The van der Waals surface area contributed by atoms with Gasteiger partial charge in [-0.2, -0.15) is 0 Å². The van der Waals surface area contributed by atoms with Gasteiger partial charge in [0.1, 0.15) is 0 Å². The minimum atomic E-state index is 0.746. The number of hydrogen-bond donors (Lipinski definition) is 1. The molecule has 0 aromatic carbocycles. The van der Waals surface area contributed by atoms with Gasteiger partial charge in [-0.15, -0.1) is 0 Å². The SMILES string of the molecule is CC(=CCl)CN(C)C1CC2CCC(C1)N2. The maximum atomic E-state index is 5.70. The van der Waals surface area contributed by atoms with E-state index < -0.39 is 0 Å². The number of halogens is 1. The van der Waals surface area contributed by atoms with Gasteiger partial charge in [0.25, 0.3) is 0 Å². The van der Waals surface area contributed by atoms with E-state index in [1.165, 1.54) is 31.3 Å². The summed E-state index contributed by atoms with van der Waals surface area (Å²) in [6, 6.07) is 2.29. The molecule has 0 amide bonds. The molecule has 0 aliphatic carbocycles. The van der Waals surface area contributed by atoms with Gasteiger partial charge in [-0.1, -0.05) is 11.6 Å². The fourth-order valence-electron chi connectivity index (χ4n) is 2.94. The largest absolute Gasteiger partial charge is 0.311 e. The molecule has 2 rings (SSSR count). The van der Waals surface area contributed by atoms with Crippen LogP contribution in [0, 0.1) is 0 Å². The van der Waals surface area contributed by atoms with Gasteiger partial charge in [-0.3, -0.25) is 4.90 Å². The Morgan fingerprint density at radius 1 is 1.40 bits per heavy atom. The smallest absolute Gasteiger partial charge is 0.0201 e. The first-order chi connectivity index (χ1) is 7.19. The van der Waals surface area contributed by atoms with Gasteiger partial charge in [-0.05, 0) is 45.2 Å². The van der Waals surface area contributed by atoms with Crippen molar-refractivity contribution in [2.75, 3.05) is 13.6 Å². The standard InChI is InChI=1S/C12H21ClN2/c1-9(7-13)8-15(2)12-5-10-3-4-11(6-12)14-10/h7,10-12,14H,3-6,8H2,1-2H3. The van der Waals surface area contributed by atoms with Crippen LogP contribution in [0.1, 0.15) is 32.6 Å². The maximum absolute atomic E-state index is 5.70. The number of nitrogens with zero attached hydrogens (tertiary/aromatic N) is 1. The minimum absolute atomic E-state index is 0.746. The van der Waals surface area contributed by atoms with Crippen molar-refractivity contribution in [2.45, 2.75) is 50.7 Å². The van der Waals surface area contributed by atoms with Crippen molar-refractivity contribution in [3.63, 3.8) is 0 Å². The molecule has 2 bridgehead atoms. The third-order valence-corrected chi connectivity index (χ3v) is 4.13. The molecule has 2 unspecified atom stereocenters. The number of nitrogens with one attached hydrogen (secondary N) is 1. The second kappa shape index (κ2) is 4.86. The van der Waals surface area contributed by atoms with Crippen molar-refractivity contribution >= 4 is 11.6 Å². The van der Waals surface area contributed by atoms with Gasteiger partial charge in [0.05, 0.1) is 0 Å². The predicted octanol–water partition coefficient (Wildman–Crippen LogP) is 2.34. The van der Waals surface area contributed by atoms with E-state index in [1.54, 1.807) is 5.54 Å². The van der Waals surface area contributed by atoms with Crippen LogP contribution in [-0.4, -0.2) is 36.6 Å². The van der Waals surface area contributed by atoms with E-state index in [0.717, 1.165) is 24.7 Å². The average Bonchev–Trinajstić information content (AvgIpc) is 2.57. The summed E-state index contributed by atoms with van der Waals surface area (Å²) in [4.78, 5) is 2.46. The van der Waals surface area contributed by atoms with Gasteiger partial charge in [0.15, 0.2) is 0 Å². The fourth-order valence-corrected chi connectivity index (χ4v) is 3.01. The predicted molar refractivity (Wildman–Crippen MR) is 65.2 cm³/mol. The fraction of sp³-hybridized carbons (Fsp3) is 0.833. The molecule has 2 atom stereocenters. The van der Waals surface area contributed by atoms with Crippen LogP contribution in [-0.2, 0) is 0 Å². The number of likely N-dealkylation sites (N-methyl/N-ethyl adjacent to an activating group) is 1. The van der Waals surface area contributed by atoms with E-state index >= 15 is 0 Å². The van der Waals surface area contributed by atoms with Crippen LogP contribution in [0.25, 0.3) is 0 Å². The quantitative estimate of drug-likeness (QED) is 0.798. The maximum Gasteiger partial charge on any atom is 0.0201 e. The molecule has 2 nitrogen and oxygen atoms in total. The molecule has 2 heterocycles. The van der Waals surface area contributed by atoms with Crippen molar-refractivity contribution in [2.24, 2.45) is 0 Å². The third-order valence-electron chi connectivity index (χ3n) is 3.76. The van der Waals surface area contributed by atoms with E-state index in [2.05, 4.69) is 24.2 Å². The molecule has 1 N–H and O–H groups in total. The van der Waals surface area contributed by atoms with Crippen molar-refractivity contribution in [3.8, 4) is 0 Å². The second-order valence-corrected chi connectivity index (χ2v) is 5.35. The first-order valence-electron chi connectivity index (χ1n) is 5.91. The number of hydrogen-bond acceptors (Lipinski definition) is 2. The van der Waals surface area contributed by atoms with Crippen LogP contribution >= 0.6 is 11.6 Å². The van der Waals surface area contributed by atoms with E-state index in [4.69, 9.17) is 11.6 Å². The average molecular weight is 229 g/mol. The Kier molecular flexibility index (Phi) is 3.70. The molecular formula is C12H21ClN2. The zero-order valence-electron chi connectivity index (χ0n) is 9.67. The second-order valence-electron chi connectivity index (χ2n) is 5.13. The van der Waals surface area contributed by atoms with E-state index in [0.29, 0.717) is 0 Å². The Morgan fingerprint density at radius 3 is 2.53 bits per heavy atom. The van der Waals surface area contributed by atoms with Crippen molar-refractivity contribution in [1.82, 2.24) is 10.2 Å². The number of piperidine rings is 1. The highest BCUT2D eigenvalue weighted by molar-refractivity contribution is 6.25. The summed E-state index contributed by atoms with van der Waals surface area (Å²) in [5.74, 6) is 0. The molecule has 15 heavy (non-hydrogen) atoms. The first-order valence-corrected chi connectivity index (χ1v) is 6.35. The molecule has 86 valence electrons. The van der Waals surface area contributed by atoms with E-state index in [9.17, 15) is 0 Å². The zero-order valence-corrected chi connectivity index (χ0v) is 10.4. The Morgan fingerprint density at radius 2 is 2.00 bits per heavy atom. The lowest BCUT2D eigenvalue weighted by atomic mass is 9.98. The summed E-state index contributed by atoms with van der Waals surface area (Å²) in [6.07, 6.45) is 5.36. The highest BCUT2D eigenvalue weighted by Gasteiger charge is 2.34. The molecule has 0 saturated carbocycles. The summed E-state index contributed by atoms with van der Waals surface area (Å²) >= 11 is 5.70. The molecule has 2 aliphatic rings. The van der Waals surface area contributed by atoms with Crippen LogP contribution in [0.3, 0.4) is 0 Å². The lowest BCUT2D eigenvalue weighted by Gasteiger charge is -2.35. The molecular weight excluding hydrogens is 208 g/mol. The molecule has 2 fully saturated rings. The van der Waals surface area contributed by atoms with Gasteiger partial charge >= 0.3 is 0 Å². The Labute approximate surface area is 97.7 Å². The normalized spacial score (nSPS) is 36.3. The van der Waals surface area contributed by atoms with Gasteiger partial charge in [0.2, 0.25) is 0 Å². The number of fused-ring (bicyclic) bond motifs is 2. The van der Waals surface area contributed by atoms with Gasteiger partial charge in [0, 0.05) is 30.2 Å². The number of rotatable bonds is 3. The monoisotopic (exact) mass is 228 g/mol. The molecule has 0 aromatic rings. The molecule has 0 spiro atoms. The van der Waals surface area contributed by atoms with Crippen LogP contribution < -0.4 is 5.32 Å². The Hall–Kier alpha value is -0.0500. The molecule has 3 heteroatoms.